The molecular weight excluding hydrogens is 214 g/mol. The van der Waals surface area contributed by atoms with E-state index in [4.69, 9.17) is 12.2 Å². The van der Waals surface area contributed by atoms with Crippen LogP contribution in [0, 0.1) is 4.77 Å². The van der Waals surface area contributed by atoms with Crippen LogP contribution in [0.1, 0.15) is 24.7 Å². The maximum absolute atomic E-state index is 5.15. The van der Waals surface area contributed by atoms with Crippen LogP contribution in [-0.2, 0) is 12.8 Å². The number of fused-ring (bicyclic) bond motifs is 1. The van der Waals surface area contributed by atoms with Crippen LogP contribution in [0.2, 0.25) is 0 Å². The molecule has 0 radical (unpaired) electrons. The smallest absolute Gasteiger partial charge is 0.187 e. The third kappa shape index (κ3) is 1.76. The van der Waals surface area contributed by atoms with Crippen molar-refractivity contribution in [1.29, 1.82) is 0 Å². The van der Waals surface area contributed by atoms with Crippen LogP contribution in [-0.4, -0.2) is 21.5 Å². The van der Waals surface area contributed by atoms with Gasteiger partial charge in [-0.15, -0.1) is 0 Å². The van der Waals surface area contributed by atoms with Crippen molar-refractivity contribution in [1.82, 2.24) is 14.3 Å². The molecule has 14 heavy (non-hydrogen) atoms. The maximum Gasteiger partial charge on any atom is 0.187 e. The quantitative estimate of drug-likeness (QED) is 0.506. The van der Waals surface area contributed by atoms with Gasteiger partial charge >= 0.3 is 0 Å². The Labute approximate surface area is 94.5 Å². The van der Waals surface area contributed by atoms with Gasteiger partial charge in [0, 0.05) is 31.1 Å². The highest BCUT2D eigenvalue weighted by Crippen LogP contribution is 2.17. The average Bonchev–Trinajstić information content (AvgIpc) is 2.41. The van der Waals surface area contributed by atoms with Crippen LogP contribution in [0.3, 0.4) is 0 Å². The third-order valence-corrected chi connectivity index (χ3v) is 3.66. The molecule has 1 atom stereocenters. The van der Waals surface area contributed by atoms with E-state index in [1.807, 2.05) is 0 Å². The van der Waals surface area contributed by atoms with Gasteiger partial charge in [0.1, 0.15) is 0 Å². The van der Waals surface area contributed by atoms with Gasteiger partial charge in [0.15, 0.2) is 4.77 Å². The van der Waals surface area contributed by atoms with E-state index in [0.717, 1.165) is 30.6 Å². The number of nitrogens with one attached hydrogen (secondary N) is 2. The lowest BCUT2D eigenvalue weighted by molar-refractivity contribution is 0.508. The summed E-state index contributed by atoms with van der Waals surface area (Å²) in [5.41, 5.74) is 2.49. The first kappa shape index (κ1) is 10.3. The Hall–Kier alpha value is -0.260. The van der Waals surface area contributed by atoms with E-state index in [0.29, 0.717) is 6.04 Å². The summed E-state index contributed by atoms with van der Waals surface area (Å²) < 4.78 is 2.52. The van der Waals surface area contributed by atoms with Crippen molar-refractivity contribution >= 4 is 25.0 Å². The van der Waals surface area contributed by atoms with Gasteiger partial charge in [-0.1, -0.05) is 19.7 Å². The monoisotopic (exact) mass is 229 g/mol. The highest BCUT2D eigenvalue weighted by atomic mass is 32.1. The van der Waals surface area contributed by atoms with E-state index in [1.165, 1.54) is 11.4 Å². The van der Waals surface area contributed by atoms with E-state index in [-0.39, 0.29) is 0 Å². The first-order chi connectivity index (χ1) is 6.72. The number of nitrogens with zero attached hydrogens (tertiary/aromatic N) is 1. The molecule has 2 rings (SSSR count). The van der Waals surface area contributed by atoms with E-state index in [2.05, 4.69) is 30.0 Å². The minimum Gasteiger partial charge on any atom is -0.334 e. The Bertz CT molecular complexity index is 380. The molecular formula is C9H15N3S2. The van der Waals surface area contributed by atoms with Gasteiger partial charge in [0.25, 0.3) is 0 Å². The van der Waals surface area contributed by atoms with Crippen LogP contribution >= 0.6 is 25.0 Å². The topological polar surface area (TPSA) is 32.8 Å². The van der Waals surface area contributed by atoms with Crippen molar-refractivity contribution in [2.75, 3.05) is 6.54 Å². The fraction of sp³-hybridized carbons (Fsp3) is 0.667. The lowest BCUT2D eigenvalue weighted by Crippen LogP contribution is -2.30. The average molecular weight is 229 g/mol. The zero-order valence-electron chi connectivity index (χ0n) is 8.21. The number of rotatable bonds is 1. The summed E-state index contributed by atoms with van der Waals surface area (Å²) in [6.07, 6.45) is 3.18. The van der Waals surface area contributed by atoms with Gasteiger partial charge < -0.3 is 10.3 Å². The second kappa shape index (κ2) is 4.08. The fourth-order valence-corrected chi connectivity index (χ4v) is 2.40. The number of aromatic nitrogens is 2. The molecule has 0 amide bonds. The van der Waals surface area contributed by atoms with E-state index in [1.54, 1.807) is 3.97 Å². The van der Waals surface area contributed by atoms with Gasteiger partial charge in [0.2, 0.25) is 0 Å². The molecule has 1 aliphatic heterocycles. The molecule has 3 nitrogen and oxygen atoms in total. The van der Waals surface area contributed by atoms with Crippen molar-refractivity contribution in [2.45, 2.75) is 32.2 Å². The first-order valence-corrected chi connectivity index (χ1v) is 5.78. The van der Waals surface area contributed by atoms with E-state index < -0.39 is 0 Å². The second-order valence-corrected chi connectivity index (χ2v) is 4.47. The highest BCUT2D eigenvalue weighted by molar-refractivity contribution is 7.79. The van der Waals surface area contributed by atoms with Crippen molar-refractivity contribution in [3.8, 4) is 0 Å². The van der Waals surface area contributed by atoms with Crippen molar-refractivity contribution in [3.63, 3.8) is 0 Å². The molecule has 0 aliphatic carbocycles. The Morgan fingerprint density at radius 2 is 2.43 bits per heavy atom. The lowest BCUT2D eigenvalue weighted by Gasteiger charge is -2.13. The molecule has 2 heterocycles. The Kier molecular flexibility index (Phi) is 2.99. The second-order valence-electron chi connectivity index (χ2n) is 3.68. The summed E-state index contributed by atoms with van der Waals surface area (Å²) in [5.74, 6) is 0. The molecule has 1 aliphatic rings. The molecule has 2 N–H and O–H groups in total. The highest BCUT2D eigenvalue weighted by Gasteiger charge is 2.18. The van der Waals surface area contributed by atoms with Gasteiger partial charge in [-0.3, -0.25) is 3.97 Å². The number of hydrogen-bond donors (Lipinski definition) is 3. The minimum absolute atomic E-state index is 0.555. The summed E-state index contributed by atoms with van der Waals surface area (Å²) in [5, 5.41) is 3.51. The molecule has 78 valence electrons. The predicted octanol–water partition coefficient (Wildman–Crippen LogP) is 1.71. The summed E-state index contributed by atoms with van der Waals surface area (Å²) in [4.78, 5) is 3.21. The number of thiol groups is 1. The molecule has 0 aromatic carbocycles. The summed E-state index contributed by atoms with van der Waals surface area (Å²) in [6.45, 7) is 3.22. The van der Waals surface area contributed by atoms with Crippen LogP contribution in [0.25, 0.3) is 0 Å². The van der Waals surface area contributed by atoms with Crippen molar-refractivity contribution < 1.29 is 0 Å². The molecule has 0 fully saturated rings. The van der Waals surface area contributed by atoms with E-state index >= 15 is 0 Å². The van der Waals surface area contributed by atoms with Gasteiger partial charge in [-0.05, 0) is 18.6 Å². The van der Waals surface area contributed by atoms with Crippen LogP contribution in [0.15, 0.2) is 0 Å². The van der Waals surface area contributed by atoms with Gasteiger partial charge in [-0.2, -0.15) is 0 Å². The van der Waals surface area contributed by atoms with Crippen LogP contribution in [0.4, 0.5) is 0 Å². The van der Waals surface area contributed by atoms with Gasteiger partial charge in [-0.25, -0.2) is 0 Å². The molecule has 0 saturated carbocycles. The summed E-state index contributed by atoms with van der Waals surface area (Å²) >= 11 is 9.53. The number of aromatic amines is 1. The van der Waals surface area contributed by atoms with Gasteiger partial charge in [0.05, 0.1) is 5.69 Å². The number of hydrogen-bond acceptors (Lipinski definition) is 3. The minimum atomic E-state index is 0.555. The predicted molar refractivity (Wildman–Crippen MR) is 63.5 cm³/mol. The number of imidazole rings is 1. The molecule has 1 aromatic heterocycles. The molecule has 0 bridgehead atoms. The van der Waals surface area contributed by atoms with Crippen LogP contribution < -0.4 is 5.32 Å². The SMILES string of the molecule is CCC1Cc2c([nH]c(=S)n2S)CCN1. The zero-order chi connectivity index (χ0) is 10.1. The summed E-state index contributed by atoms with van der Waals surface area (Å²) in [6, 6.07) is 0.555. The van der Waals surface area contributed by atoms with E-state index in [9.17, 15) is 0 Å². The zero-order valence-corrected chi connectivity index (χ0v) is 9.92. The summed E-state index contributed by atoms with van der Waals surface area (Å²) in [7, 11) is 0. The Morgan fingerprint density at radius 1 is 1.64 bits per heavy atom. The molecule has 0 saturated heterocycles. The lowest BCUT2D eigenvalue weighted by atomic mass is 10.1. The molecule has 0 spiro atoms. The van der Waals surface area contributed by atoms with Crippen LogP contribution in [0.5, 0.6) is 0 Å². The number of H-pyrrole nitrogens is 1. The maximum atomic E-state index is 5.15. The third-order valence-electron chi connectivity index (χ3n) is 2.79. The van der Waals surface area contributed by atoms with Crippen molar-refractivity contribution in [3.05, 3.63) is 16.2 Å². The molecule has 1 unspecified atom stereocenters. The standard InChI is InChI=1S/C9H15N3S2/c1-2-6-5-8-7(3-4-10-6)11-9(13)12(8)14/h6,10,14H,2-5H2,1H3,(H,11,13). The molecule has 1 aromatic rings. The largest absolute Gasteiger partial charge is 0.334 e. The molecule has 5 heteroatoms. The first-order valence-electron chi connectivity index (χ1n) is 4.97. The Balaban J connectivity index is 2.37. The fourth-order valence-electron chi connectivity index (χ4n) is 1.92. The van der Waals surface area contributed by atoms with Crippen molar-refractivity contribution in [2.24, 2.45) is 0 Å². The normalized spacial score (nSPS) is 21.7. The Morgan fingerprint density at radius 3 is 3.14 bits per heavy atom.